The molecule has 0 aliphatic rings. The third-order valence-electron chi connectivity index (χ3n) is 6.38. The number of anilines is 1. The van der Waals surface area contributed by atoms with Crippen LogP contribution in [0.25, 0.3) is 0 Å². The van der Waals surface area contributed by atoms with Gasteiger partial charge in [0.05, 0.1) is 12.1 Å². The molecule has 0 unspecified atom stereocenters. The minimum atomic E-state index is -1.07. The highest BCUT2D eigenvalue weighted by molar-refractivity contribution is 5.95. The summed E-state index contributed by atoms with van der Waals surface area (Å²) in [7, 11) is 1.82. The highest BCUT2D eigenvalue weighted by Gasteiger charge is 2.24. The van der Waals surface area contributed by atoms with E-state index in [0.29, 0.717) is 24.5 Å². The number of benzene rings is 2. The van der Waals surface area contributed by atoms with E-state index >= 15 is 0 Å². The quantitative estimate of drug-likeness (QED) is 0.304. The standard InChI is InChI=1S/C30H35F2N5O2/c1-4-9-37(3)29-15-23(14-26(17-33)35-29)30(39)36-27(13-22-11-24(31)16-25(32)12-22)28(38)19-34-18-21-8-6-7-20(5-2)10-21/h6-8,10-12,14-16,27-28,34,38H,4-5,9,13,18-19H2,1-3H3,(H,36,39)/t27-,28+/m0/s1. The molecule has 3 rings (SSSR count). The summed E-state index contributed by atoms with van der Waals surface area (Å²) < 4.78 is 27.8. The van der Waals surface area contributed by atoms with Crippen LogP contribution in [0, 0.1) is 23.0 Å². The molecule has 0 aliphatic carbocycles. The lowest BCUT2D eigenvalue weighted by Crippen LogP contribution is -2.48. The number of nitriles is 1. The second-order valence-electron chi connectivity index (χ2n) is 9.57. The Balaban J connectivity index is 1.80. The summed E-state index contributed by atoms with van der Waals surface area (Å²) in [4.78, 5) is 19.4. The number of carbonyl (C=O) groups is 1. The third kappa shape index (κ3) is 8.84. The number of nitrogens with one attached hydrogen (secondary N) is 2. The zero-order chi connectivity index (χ0) is 28.4. The van der Waals surface area contributed by atoms with Crippen LogP contribution in [0.5, 0.6) is 0 Å². The number of aliphatic hydroxyl groups is 1. The molecule has 0 saturated heterocycles. The van der Waals surface area contributed by atoms with E-state index in [1.807, 2.05) is 43.1 Å². The molecule has 0 saturated carbocycles. The van der Waals surface area contributed by atoms with Crippen LogP contribution in [0.3, 0.4) is 0 Å². The van der Waals surface area contributed by atoms with Gasteiger partial charge in [-0.2, -0.15) is 5.26 Å². The molecule has 3 N–H and O–H groups in total. The first kappa shape index (κ1) is 29.7. The van der Waals surface area contributed by atoms with Gasteiger partial charge >= 0.3 is 0 Å². The van der Waals surface area contributed by atoms with Gasteiger partial charge in [-0.3, -0.25) is 4.79 Å². The van der Waals surface area contributed by atoms with Crippen LogP contribution in [0.4, 0.5) is 14.6 Å². The van der Waals surface area contributed by atoms with Crippen LogP contribution < -0.4 is 15.5 Å². The number of nitrogens with zero attached hydrogens (tertiary/aromatic N) is 3. The Kier molecular flexibility index (Phi) is 10.9. The summed E-state index contributed by atoms with van der Waals surface area (Å²) in [6, 6.07) is 15.3. The SMILES string of the molecule is CCCN(C)c1cc(C(=O)N[C@@H](Cc2cc(F)cc(F)c2)[C@H](O)CNCc2cccc(CC)c2)cc(C#N)n1. The monoisotopic (exact) mass is 535 g/mol. The van der Waals surface area contributed by atoms with E-state index in [0.717, 1.165) is 24.5 Å². The molecule has 1 heterocycles. The van der Waals surface area contributed by atoms with Gasteiger partial charge < -0.3 is 20.6 Å². The fourth-order valence-electron chi connectivity index (χ4n) is 4.33. The highest BCUT2D eigenvalue weighted by Crippen LogP contribution is 2.17. The highest BCUT2D eigenvalue weighted by atomic mass is 19.1. The molecule has 39 heavy (non-hydrogen) atoms. The molecule has 0 radical (unpaired) electrons. The second kappa shape index (κ2) is 14.3. The number of carbonyl (C=O) groups excluding carboxylic acids is 1. The molecule has 1 amide bonds. The summed E-state index contributed by atoms with van der Waals surface area (Å²) in [5.41, 5.74) is 2.83. The number of aromatic nitrogens is 1. The van der Waals surface area contributed by atoms with Crippen LogP contribution in [-0.4, -0.2) is 48.3 Å². The van der Waals surface area contributed by atoms with Gasteiger partial charge in [0, 0.05) is 38.3 Å². The largest absolute Gasteiger partial charge is 0.390 e. The average Bonchev–Trinajstić information content (AvgIpc) is 2.92. The molecule has 0 fully saturated rings. The van der Waals surface area contributed by atoms with Gasteiger partial charge in [-0.15, -0.1) is 0 Å². The lowest BCUT2D eigenvalue weighted by atomic mass is 10.00. The summed E-state index contributed by atoms with van der Waals surface area (Å²) >= 11 is 0. The Morgan fingerprint density at radius 1 is 1.08 bits per heavy atom. The number of pyridine rings is 1. The fraction of sp³-hybridized carbons (Fsp3) is 0.367. The number of hydrogen-bond donors (Lipinski definition) is 3. The van der Waals surface area contributed by atoms with Crippen molar-refractivity contribution in [1.82, 2.24) is 15.6 Å². The van der Waals surface area contributed by atoms with E-state index in [1.165, 1.54) is 23.8 Å². The zero-order valence-electron chi connectivity index (χ0n) is 22.5. The van der Waals surface area contributed by atoms with Gasteiger partial charge in [0.1, 0.15) is 29.2 Å². The molecule has 1 aromatic heterocycles. The predicted octanol–water partition coefficient (Wildman–Crippen LogP) is 4.13. The van der Waals surface area contributed by atoms with E-state index in [1.54, 1.807) is 6.07 Å². The molecular formula is C30H35F2N5O2. The molecule has 3 aromatic rings. The first-order chi connectivity index (χ1) is 18.7. The molecular weight excluding hydrogens is 500 g/mol. The maximum absolute atomic E-state index is 13.9. The number of rotatable bonds is 13. The molecule has 0 spiro atoms. The third-order valence-corrected chi connectivity index (χ3v) is 6.38. The van der Waals surface area contributed by atoms with Gasteiger partial charge in [-0.05, 0) is 60.2 Å². The first-order valence-electron chi connectivity index (χ1n) is 13.1. The lowest BCUT2D eigenvalue weighted by Gasteiger charge is -2.25. The molecule has 206 valence electrons. The van der Waals surface area contributed by atoms with E-state index in [2.05, 4.69) is 28.6 Å². The number of hydrogen-bond acceptors (Lipinski definition) is 6. The molecule has 0 aliphatic heterocycles. The summed E-state index contributed by atoms with van der Waals surface area (Å²) in [6.07, 6.45) is 0.680. The Hall–Kier alpha value is -3.87. The predicted molar refractivity (Wildman–Crippen MR) is 147 cm³/mol. The van der Waals surface area contributed by atoms with Crippen molar-refractivity contribution in [3.63, 3.8) is 0 Å². The molecule has 0 bridgehead atoms. The smallest absolute Gasteiger partial charge is 0.251 e. The molecule has 9 heteroatoms. The van der Waals surface area contributed by atoms with Crippen molar-refractivity contribution in [2.75, 3.05) is 25.0 Å². The fourth-order valence-corrected chi connectivity index (χ4v) is 4.33. The van der Waals surface area contributed by atoms with Crippen LogP contribution >= 0.6 is 0 Å². The normalized spacial score (nSPS) is 12.4. The van der Waals surface area contributed by atoms with Gasteiger partial charge in [0.25, 0.3) is 5.91 Å². The summed E-state index contributed by atoms with van der Waals surface area (Å²) in [5.74, 6) is -1.54. The molecule has 2 atom stereocenters. The topological polar surface area (TPSA) is 101 Å². The van der Waals surface area contributed by atoms with Crippen LogP contribution in [-0.2, 0) is 19.4 Å². The van der Waals surface area contributed by atoms with Crippen molar-refractivity contribution in [3.05, 3.63) is 94.2 Å². The minimum absolute atomic E-state index is 0.00658. The number of halogens is 2. The Bertz CT molecular complexity index is 1290. The van der Waals surface area contributed by atoms with Crippen molar-refractivity contribution in [2.24, 2.45) is 0 Å². The van der Waals surface area contributed by atoms with Gasteiger partial charge in [0.2, 0.25) is 0 Å². The van der Waals surface area contributed by atoms with Crippen LogP contribution in [0.1, 0.15) is 53.0 Å². The maximum Gasteiger partial charge on any atom is 0.251 e. The Morgan fingerprint density at radius 3 is 2.46 bits per heavy atom. The molecule has 2 aromatic carbocycles. The van der Waals surface area contributed by atoms with Crippen molar-refractivity contribution >= 4 is 11.7 Å². The first-order valence-corrected chi connectivity index (χ1v) is 13.1. The number of amides is 1. The zero-order valence-corrected chi connectivity index (χ0v) is 22.5. The lowest BCUT2D eigenvalue weighted by molar-refractivity contribution is 0.0829. The van der Waals surface area contributed by atoms with E-state index in [4.69, 9.17) is 0 Å². The van der Waals surface area contributed by atoms with Gasteiger partial charge in [-0.1, -0.05) is 38.1 Å². The average molecular weight is 536 g/mol. The Morgan fingerprint density at radius 2 is 1.79 bits per heavy atom. The summed E-state index contributed by atoms with van der Waals surface area (Å²) in [6.45, 7) is 5.40. The summed E-state index contributed by atoms with van der Waals surface area (Å²) in [5, 5.41) is 26.5. The second-order valence-corrected chi connectivity index (χ2v) is 9.57. The number of aryl methyl sites for hydroxylation is 1. The van der Waals surface area contributed by atoms with Crippen LogP contribution in [0.2, 0.25) is 0 Å². The maximum atomic E-state index is 13.9. The van der Waals surface area contributed by atoms with Crippen molar-refractivity contribution in [2.45, 2.75) is 51.8 Å². The van der Waals surface area contributed by atoms with Crippen molar-refractivity contribution in [1.29, 1.82) is 5.26 Å². The molecule has 7 nitrogen and oxygen atoms in total. The Labute approximate surface area is 228 Å². The van der Waals surface area contributed by atoms with E-state index in [9.17, 15) is 23.9 Å². The van der Waals surface area contributed by atoms with E-state index in [-0.39, 0.29) is 24.2 Å². The minimum Gasteiger partial charge on any atom is -0.390 e. The van der Waals surface area contributed by atoms with Crippen molar-refractivity contribution < 1.29 is 18.7 Å². The van der Waals surface area contributed by atoms with Gasteiger partial charge in [-0.25, -0.2) is 13.8 Å². The van der Waals surface area contributed by atoms with Crippen molar-refractivity contribution in [3.8, 4) is 6.07 Å². The van der Waals surface area contributed by atoms with Gasteiger partial charge in [0.15, 0.2) is 0 Å². The number of aliphatic hydroxyl groups excluding tert-OH is 1. The van der Waals surface area contributed by atoms with E-state index < -0.39 is 29.7 Å². The van der Waals surface area contributed by atoms with Crippen LogP contribution in [0.15, 0.2) is 54.6 Å².